The lowest BCUT2D eigenvalue weighted by atomic mass is 10.3. The average Bonchev–Trinajstić information content (AvgIpc) is 3.07. The molecule has 6 heteroatoms. The summed E-state index contributed by atoms with van der Waals surface area (Å²) < 4.78 is 5.02. The molecule has 0 atom stereocenters. The van der Waals surface area contributed by atoms with Crippen LogP contribution in [0.3, 0.4) is 0 Å². The van der Waals surface area contributed by atoms with Crippen LogP contribution in [0.2, 0.25) is 0 Å². The van der Waals surface area contributed by atoms with Crippen LogP contribution in [-0.4, -0.2) is 52.3 Å². The van der Waals surface area contributed by atoms with Gasteiger partial charge in [0.25, 0.3) is 5.91 Å². The number of rotatable bonds is 6. The minimum Gasteiger partial charge on any atom is -0.383 e. The monoisotopic (exact) mass is 252 g/mol. The van der Waals surface area contributed by atoms with Crippen molar-refractivity contribution in [1.29, 1.82) is 0 Å². The normalized spacial score (nSPS) is 15.1. The fourth-order valence-electron chi connectivity index (χ4n) is 1.82. The average molecular weight is 252 g/mol. The van der Waals surface area contributed by atoms with Gasteiger partial charge in [-0.25, -0.2) is 4.98 Å². The number of hydrogen-bond donors (Lipinski definition) is 1. The number of aromatic amines is 1. The van der Waals surface area contributed by atoms with Crippen LogP contribution in [0.1, 0.15) is 49.1 Å². The summed E-state index contributed by atoms with van der Waals surface area (Å²) >= 11 is 0. The molecule has 1 aliphatic rings. The van der Waals surface area contributed by atoms with Gasteiger partial charge in [0.2, 0.25) is 5.82 Å². The van der Waals surface area contributed by atoms with Gasteiger partial charge in [-0.05, 0) is 26.7 Å². The molecule has 1 aliphatic carbocycles. The van der Waals surface area contributed by atoms with E-state index < -0.39 is 0 Å². The zero-order chi connectivity index (χ0) is 13.1. The molecule has 100 valence electrons. The lowest BCUT2D eigenvalue weighted by molar-refractivity contribution is 0.0623. The van der Waals surface area contributed by atoms with E-state index in [2.05, 4.69) is 15.2 Å². The van der Waals surface area contributed by atoms with Crippen molar-refractivity contribution in [2.24, 2.45) is 0 Å². The predicted molar refractivity (Wildman–Crippen MR) is 66.4 cm³/mol. The van der Waals surface area contributed by atoms with E-state index in [1.165, 1.54) is 0 Å². The molecule has 1 heterocycles. The van der Waals surface area contributed by atoms with Gasteiger partial charge in [0, 0.05) is 25.6 Å². The number of hydrogen-bond acceptors (Lipinski definition) is 4. The molecule has 2 rings (SSSR count). The highest BCUT2D eigenvalue weighted by molar-refractivity contribution is 5.90. The summed E-state index contributed by atoms with van der Waals surface area (Å²) in [5, 5.41) is 6.88. The van der Waals surface area contributed by atoms with Crippen LogP contribution in [0.15, 0.2) is 0 Å². The highest BCUT2D eigenvalue weighted by Crippen LogP contribution is 2.37. The lowest BCUT2D eigenvalue weighted by Crippen LogP contribution is -2.39. The van der Waals surface area contributed by atoms with Crippen molar-refractivity contribution in [2.45, 2.75) is 38.6 Å². The summed E-state index contributed by atoms with van der Waals surface area (Å²) in [4.78, 5) is 18.3. The SMILES string of the molecule is COCCN(C(=O)c1n[nH]c(C2CC2)n1)C(C)C. The Kier molecular flexibility index (Phi) is 3.96. The van der Waals surface area contributed by atoms with Crippen molar-refractivity contribution in [2.75, 3.05) is 20.3 Å². The Morgan fingerprint density at radius 2 is 2.28 bits per heavy atom. The number of carbonyl (C=O) groups excluding carboxylic acids is 1. The van der Waals surface area contributed by atoms with Gasteiger partial charge in [-0.3, -0.25) is 9.89 Å². The van der Waals surface area contributed by atoms with E-state index in [0.29, 0.717) is 19.1 Å². The zero-order valence-electron chi connectivity index (χ0n) is 11.1. The van der Waals surface area contributed by atoms with Gasteiger partial charge < -0.3 is 9.64 Å². The Labute approximate surface area is 107 Å². The summed E-state index contributed by atoms with van der Waals surface area (Å²) in [5.74, 6) is 1.45. The first-order valence-electron chi connectivity index (χ1n) is 6.35. The van der Waals surface area contributed by atoms with Crippen molar-refractivity contribution in [1.82, 2.24) is 20.1 Å². The summed E-state index contributed by atoms with van der Waals surface area (Å²) in [7, 11) is 1.63. The van der Waals surface area contributed by atoms with Crippen molar-refractivity contribution in [3.05, 3.63) is 11.6 Å². The molecule has 1 saturated carbocycles. The Morgan fingerprint density at radius 1 is 1.56 bits per heavy atom. The summed E-state index contributed by atoms with van der Waals surface area (Å²) in [6, 6.07) is 0.107. The van der Waals surface area contributed by atoms with Gasteiger partial charge in [0.05, 0.1) is 6.61 Å². The molecule has 1 amide bonds. The minimum atomic E-state index is -0.134. The first kappa shape index (κ1) is 13.0. The second-order valence-corrected chi connectivity index (χ2v) is 4.90. The molecule has 1 aromatic rings. The Morgan fingerprint density at radius 3 is 2.83 bits per heavy atom. The maximum Gasteiger partial charge on any atom is 0.293 e. The van der Waals surface area contributed by atoms with Gasteiger partial charge in [-0.2, -0.15) is 0 Å². The summed E-state index contributed by atoms with van der Waals surface area (Å²) in [6.45, 7) is 5.02. The quantitative estimate of drug-likeness (QED) is 0.825. The molecule has 1 N–H and O–H groups in total. The molecule has 0 bridgehead atoms. The number of nitrogens with one attached hydrogen (secondary N) is 1. The molecule has 6 nitrogen and oxygen atoms in total. The third kappa shape index (κ3) is 2.87. The molecule has 0 aromatic carbocycles. The molecule has 0 aliphatic heterocycles. The highest BCUT2D eigenvalue weighted by Gasteiger charge is 2.29. The topological polar surface area (TPSA) is 71.1 Å². The van der Waals surface area contributed by atoms with Crippen molar-refractivity contribution < 1.29 is 9.53 Å². The summed E-state index contributed by atoms with van der Waals surface area (Å²) in [6.07, 6.45) is 2.28. The number of nitrogens with zero attached hydrogens (tertiary/aromatic N) is 3. The molecular formula is C12H20N4O2. The summed E-state index contributed by atoms with van der Waals surface area (Å²) in [5.41, 5.74) is 0. The van der Waals surface area contributed by atoms with Crippen molar-refractivity contribution in [3.8, 4) is 0 Å². The van der Waals surface area contributed by atoms with Gasteiger partial charge in [0.1, 0.15) is 5.82 Å². The maximum atomic E-state index is 12.3. The highest BCUT2D eigenvalue weighted by atomic mass is 16.5. The van der Waals surface area contributed by atoms with E-state index in [0.717, 1.165) is 18.7 Å². The Hall–Kier alpha value is -1.43. The molecule has 0 saturated heterocycles. The molecular weight excluding hydrogens is 232 g/mol. The van der Waals surface area contributed by atoms with E-state index in [4.69, 9.17) is 4.74 Å². The van der Waals surface area contributed by atoms with Gasteiger partial charge in [-0.15, -0.1) is 5.10 Å². The number of methoxy groups -OCH3 is 1. The van der Waals surface area contributed by atoms with Crippen LogP contribution < -0.4 is 0 Å². The second kappa shape index (κ2) is 5.48. The Bertz CT molecular complexity index is 412. The Balaban J connectivity index is 2.05. The van der Waals surface area contributed by atoms with Crippen LogP contribution >= 0.6 is 0 Å². The second-order valence-electron chi connectivity index (χ2n) is 4.90. The molecule has 18 heavy (non-hydrogen) atoms. The number of carbonyl (C=O) groups is 1. The van der Waals surface area contributed by atoms with Crippen molar-refractivity contribution >= 4 is 5.91 Å². The van der Waals surface area contributed by atoms with E-state index in [-0.39, 0.29) is 17.8 Å². The maximum absolute atomic E-state index is 12.3. The van der Waals surface area contributed by atoms with Gasteiger partial charge in [0.15, 0.2) is 0 Å². The van der Waals surface area contributed by atoms with Crippen LogP contribution in [-0.2, 0) is 4.74 Å². The number of H-pyrrole nitrogens is 1. The number of ether oxygens (including phenoxy) is 1. The molecule has 0 unspecified atom stereocenters. The van der Waals surface area contributed by atoms with E-state index >= 15 is 0 Å². The fraction of sp³-hybridized carbons (Fsp3) is 0.750. The van der Waals surface area contributed by atoms with E-state index in [9.17, 15) is 4.79 Å². The van der Waals surface area contributed by atoms with Crippen LogP contribution in [0.25, 0.3) is 0 Å². The molecule has 0 spiro atoms. The van der Waals surface area contributed by atoms with Gasteiger partial charge >= 0.3 is 0 Å². The minimum absolute atomic E-state index is 0.107. The molecule has 1 fully saturated rings. The third-order valence-corrected chi connectivity index (χ3v) is 3.08. The molecule has 1 aromatic heterocycles. The van der Waals surface area contributed by atoms with Crippen LogP contribution in [0.5, 0.6) is 0 Å². The van der Waals surface area contributed by atoms with E-state index in [1.807, 2.05) is 13.8 Å². The smallest absolute Gasteiger partial charge is 0.293 e. The first-order chi connectivity index (χ1) is 8.63. The lowest BCUT2D eigenvalue weighted by Gasteiger charge is -2.24. The van der Waals surface area contributed by atoms with E-state index in [1.54, 1.807) is 12.0 Å². The zero-order valence-corrected chi connectivity index (χ0v) is 11.1. The largest absolute Gasteiger partial charge is 0.383 e. The number of amides is 1. The third-order valence-electron chi connectivity index (χ3n) is 3.08. The van der Waals surface area contributed by atoms with Crippen LogP contribution in [0.4, 0.5) is 0 Å². The van der Waals surface area contributed by atoms with Gasteiger partial charge in [-0.1, -0.05) is 0 Å². The molecule has 0 radical (unpaired) electrons. The van der Waals surface area contributed by atoms with Crippen molar-refractivity contribution in [3.63, 3.8) is 0 Å². The standard InChI is InChI=1S/C12H20N4O2/c1-8(2)16(6-7-18-3)12(17)11-13-10(14-15-11)9-4-5-9/h8-9H,4-7H2,1-3H3,(H,13,14,15). The first-order valence-corrected chi connectivity index (χ1v) is 6.35. The number of aromatic nitrogens is 3. The fourth-order valence-corrected chi connectivity index (χ4v) is 1.82. The van der Waals surface area contributed by atoms with Crippen LogP contribution in [0, 0.1) is 0 Å². The predicted octanol–water partition coefficient (Wildman–Crippen LogP) is 1.18.